The predicted octanol–water partition coefficient (Wildman–Crippen LogP) is 4.21. The summed E-state index contributed by atoms with van der Waals surface area (Å²) in [7, 11) is 1.74. The maximum Gasteiger partial charge on any atom is 0.122 e. The van der Waals surface area contributed by atoms with E-state index in [-0.39, 0.29) is 0 Å². The molecule has 0 saturated carbocycles. The molecule has 0 bridgehead atoms. The number of hydrogen-bond acceptors (Lipinski definition) is 3. The molecule has 0 aliphatic heterocycles. The second-order valence-corrected chi connectivity index (χ2v) is 5.64. The van der Waals surface area contributed by atoms with Crippen molar-refractivity contribution in [2.75, 3.05) is 13.7 Å². The number of nitrogens with one attached hydrogen (secondary N) is 1. The van der Waals surface area contributed by atoms with Gasteiger partial charge in [-0.15, -0.1) is 0 Å². The zero-order valence-corrected chi connectivity index (χ0v) is 13.1. The molecule has 21 heavy (non-hydrogen) atoms. The lowest BCUT2D eigenvalue weighted by Crippen LogP contribution is -2.19. The molecule has 0 unspecified atom stereocenters. The van der Waals surface area contributed by atoms with Crippen LogP contribution in [0.25, 0.3) is 0 Å². The molecular weight excluding hydrogens is 262 g/mol. The fraction of sp³-hybridized carbons (Fsp3) is 0.444. The van der Waals surface area contributed by atoms with Gasteiger partial charge in [-0.2, -0.15) is 0 Å². The van der Waals surface area contributed by atoms with E-state index in [2.05, 4.69) is 31.3 Å². The Morgan fingerprint density at radius 3 is 2.62 bits per heavy atom. The highest BCUT2D eigenvalue weighted by Gasteiger charge is 2.19. The van der Waals surface area contributed by atoms with Gasteiger partial charge in [0.05, 0.1) is 19.9 Å². The van der Waals surface area contributed by atoms with Gasteiger partial charge in [0.2, 0.25) is 0 Å². The maximum atomic E-state index is 5.51. The summed E-state index contributed by atoms with van der Waals surface area (Å²) >= 11 is 0. The highest BCUT2D eigenvalue weighted by Crippen LogP contribution is 2.33. The summed E-state index contributed by atoms with van der Waals surface area (Å²) in [5.74, 6) is 3.03. The van der Waals surface area contributed by atoms with Gasteiger partial charge in [-0.3, -0.25) is 0 Å². The Hall–Kier alpha value is -1.74. The SMILES string of the molecule is COc1ccccc1[C@H](CCNCc1ccco1)C(C)C. The monoisotopic (exact) mass is 287 g/mol. The number of methoxy groups -OCH3 is 1. The van der Waals surface area contributed by atoms with Crippen molar-refractivity contribution in [3.63, 3.8) is 0 Å². The Bertz CT molecular complexity index is 520. The Morgan fingerprint density at radius 2 is 1.95 bits per heavy atom. The van der Waals surface area contributed by atoms with E-state index in [9.17, 15) is 0 Å². The molecule has 1 atom stereocenters. The smallest absolute Gasteiger partial charge is 0.122 e. The van der Waals surface area contributed by atoms with Crippen LogP contribution >= 0.6 is 0 Å². The summed E-state index contributed by atoms with van der Waals surface area (Å²) in [6, 6.07) is 12.2. The predicted molar refractivity (Wildman–Crippen MR) is 85.6 cm³/mol. The minimum absolute atomic E-state index is 0.491. The van der Waals surface area contributed by atoms with Crippen molar-refractivity contribution >= 4 is 0 Å². The summed E-state index contributed by atoms with van der Waals surface area (Å²) in [6.45, 7) is 6.28. The topological polar surface area (TPSA) is 34.4 Å². The van der Waals surface area contributed by atoms with Crippen molar-refractivity contribution in [1.29, 1.82) is 0 Å². The molecule has 0 fully saturated rings. The minimum Gasteiger partial charge on any atom is -0.496 e. The molecule has 0 amide bonds. The van der Waals surface area contributed by atoms with Crippen LogP contribution in [0.5, 0.6) is 5.75 Å². The van der Waals surface area contributed by atoms with Gasteiger partial charge in [-0.05, 0) is 48.6 Å². The van der Waals surface area contributed by atoms with Gasteiger partial charge in [0.15, 0.2) is 0 Å². The molecule has 0 spiro atoms. The lowest BCUT2D eigenvalue weighted by molar-refractivity contribution is 0.384. The van der Waals surface area contributed by atoms with Crippen molar-refractivity contribution in [3.8, 4) is 5.75 Å². The van der Waals surface area contributed by atoms with E-state index in [1.807, 2.05) is 24.3 Å². The number of ether oxygens (including phenoxy) is 1. The summed E-state index contributed by atoms with van der Waals surface area (Å²) in [6.07, 6.45) is 2.79. The van der Waals surface area contributed by atoms with Gasteiger partial charge < -0.3 is 14.5 Å². The molecule has 0 radical (unpaired) electrons. The van der Waals surface area contributed by atoms with E-state index in [0.29, 0.717) is 11.8 Å². The molecule has 2 rings (SSSR count). The van der Waals surface area contributed by atoms with E-state index in [1.54, 1.807) is 13.4 Å². The first kappa shape index (κ1) is 15.6. The van der Waals surface area contributed by atoms with E-state index in [4.69, 9.17) is 9.15 Å². The van der Waals surface area contributed by atoms with Crippen LogP contribution in [0.1, 0.15) is 37.5 Å². The van der Waals surface area contributed by atoms with Gasteiger partial charge in [-0.1, -0.05) is 32.0 Å². The lowest BCUT2D eigenvalue weighted by atomic mass is 9.85. The molecule has 1 heterocycles. The van der Waals surface area contributed by atoms with Gasteiger partial charge >= 0.3 is 0 Å². The van der Waals surface area contributed by atoms with E-state index in [1.165, 1.54) is 5.56 Å². The molecule has 1 aromatic heterocycles. The average Bonchev–Trinajstić information content (AvgIpc) is 3.00. The van der Waals surface area contributed by atoms with E-state index in [0.717, 1.165) is 31.0 Å². The first-order valence-corrected chi connectivity index (χ1v) is 7.58. The molecule has 1 aromatic carbocycles. The van der Waals surface area contributed by atoms with Crippen LogP contribution in [0.2, 0.25) is 0 Å². The zero-order chi connectivity index (χ0) is 15.1. The van der Waals surface area contributed by atoms with Crippen LogP contribution in [0.15, 0.2) is 47.1 Å². The third-order valence-corrected chi connectivity index (χ3v) is 3.85. The van der Waals surface area contributed by atoms with Gasteiger partial charge in [0.1, 0.15) is 11.5 Å². The van der Waals surface area contributed by atoms with Crippen molar-refractivity contribution in [3.05, 3.63) is 54.0 Å². The number of hydrogen-bond donors (Lipinski definition) is 1. The summed E-state index contributed by atoms with van der Waals surface area (Å²) in [5, 5.41) is 3.45. The minimum atomic E-state index is 0.491. The third kappa shape index (κ3) is 4.36. The van der Waals surface area contributed by atoms with Gasteiger partial charge in [0, 0.05) is 0 Å². The molecule has 3 heteroatoms. The lowest BCUT2D eigenvalue weighted by Gasteiger charge is -2.23. The highest BCUT2D eigenvalue weighted by atomic mass is 16.5. The van der Waals surface area contributed by atoms with Crippen molar-refractivity contribution in [2.45, 2.75) is 32.7 Å². The number of benzene rings is 1. The molecule has 3 nitrogen and oxygen atoms in total. The van der Waals surface area contributed by atoms with Crippen LogP contribution in [-0.4, -0.2) is 13.7 Å². The van der Waals surface area contributed by atoms with Crippen molar-refractivity contribution in [2.24, 2.45) is 5.92 Å². The fourth-order valence-electron chi connectivity index (χ4n) is 2.70. The second-order valence-electron chi connectivity index (χ2n) is 5.64. The third-order valence-electron chi connectivity index (χ3n) is 3.85. The molecule has 2 aromatic rings. The Kier molecular flexibility index (Phi) is 5.88. The van der Waals surface area contributed by atoms with Crippen LogP contribution in [0, 0.1) is 5.92 Å². The van der Waals surface area contributed by atoms with Gasteiger partial charge in [-0.25, -0.2) is 0 Å². The normalized spacial score (nSPS) is 12.6. The number of para-hydroxylation sites is 1. The Balaban J connectivity index is 1.93. The van der Waals surface area contributed by atoms with E-state index >= 15 is 0 Å². The van der Waals surface area contributed by atoms with E-state index < -0.39 is 0 Å². The van der Waals surface area contributed by atoms with Crippen molar-refractivity contribution in [1.82, 2.24) is 5.32 Å². The summed E-state index contributed by atoms with van der Waals surface area (Å²) in [4.78, 5) is 0. The molecule has 0 aliphatic carbocycles. The fourth-order valence-corrected chi connectivity index (χ4v) is 2.70. The molecular formula is C18H25NO2. The van der Waals surface area contributed by atoms with Crippen LogP contribution in [0.4, 0.5) is 0 Å². The van der Waals surface area contributed by atoms with Crippen molar-refractivity contribution < 1.29 is 9.15 Å². The maximum absolute atomic E-state index is 5.51. The molecule has 0 aliphatic rings. The highest BCUT2D eigenvalue weighted by molar-refractivity contribution is 5.36. The first-order valence-electron chi connectivity index (χ1n) is 7.58. The molecule has 1 N–H and O–H groups in total. The van der Waals surface area contributed by atoms with Gasteiger partial charge in [0.25, 0.3) is 0 Å². The standard InChI is InChI=1S/C18H25NO2/c1-14(2)16(17-8-4-5-9-18(17)20-3)10-11-19-13-15-7-6-12-21-15/h4-9,12,14,16,19H,10-11,13H2,1-3H3/t16-/m1/s1. The molecule has 0 saturated heterocycles. The Morgan fingerprint density at radius 1 is 1.14 bits per heavy atom. The zero-order valence-electron chi connectivity index (χ0n) is 13.1. The summed E-state index contributed by atoms with van der Waals surface area (Å²) in [5.41, 5.74) is 1.30. The summed E-state index contributed by atoms with van der Waals surface area (Å²) < 4.78 is 10.8. The number of furan rings is 1. The van der Waals surface area contributed by atoms with Crippen LogP contribution in [-0.2, 0) is 6.54 Å². The van der Waals surface area contributed by atoms with Crippen LogP contribution < -0.4 is 10.1 Å². The second kappa shape index (κ2) is 7.89. The molecule has 114 valence electrons. The quantitative estimate of drug-likeness (QED) is 0.739. The first-order chi connectivity index (χ1) is 10.2. The largest absolute Gasteiger partial charge is 0.496 e. The average molecular weight is 287 g/mol. The number of rotatable bonds is 8. The Labute approximate surface area is 127 Å². The van der Waals surface area contributed by atoms with Crippen LogP contribution in [0.3, 0.4) is 0 Å².